The number of amides is 1. The Bertz CT molecular complexity index is 806. The summed E-state index contributed by atoms with van der Waals surface area (Å²) in [5, 5.41) is 4.20. The Balaban J connectivity index is 1.84. The van der Waals surface area contributed by atoms with Crippen LogP contribution >= 0.6 is 11.3 Å². The molecule has 1 amide bonds. The van der Waals surface area contributed by atoms with E-state index in [1.165, 1.54) is 40.0 Å². The molecule has 4 nitrogen and oxygen atoms in total. The third-order valence-corrected chi connectivity index (χ3v) is 6.80. The van der Waals surface area contributed by atoms with Crippen molar-refractivity contribution in [3.63, 3.8) is 0 Å². The molecule has 2 aromatic rings. The predicted octanol–water partition coefficient (Wildman–Crippen LogP) is 4.32. The average Bonchev–Trinajstić information content (AvgIpc) is 3.02. The second-order valence-corrected chi connectivity index (χ2v) is 8.70. The summed E-state index contributed by atoms with van der Waals surface area (Å²) < 4.78 is 5.62. The van der Waals surface area contributed by atoms with E-state index in [9.17, 15) is 4.79 Å². The van der Waals surface area contributed by atoms with Crippen LogP contribution in [0.2, 0.25) is 0 Å². The van der Waals surface area contributed by atoms with Crippen LogP contribution in [0.3, 0.4) is 0 Å². The number of aryl methyl sites for hydroxylation is 2. The first-order chi connectivity index (χ1) is 13.1. The van der Waals surface area contributed by atoms with Crippen LogP contribution in [0, 0.1) is 6.92 Å². The number of morpholine rings is 1. The molecule has 1 aromatic heterocycles. The molecule has 0 spiro atoms. The fourth-order valence-electron chi connectivity index (χ4n) is 4.28. The van der Waals surface area contributed by atoms with Crippen molar-refractivity contribution in [2.24, 2.45) is 0 Å². The minimum absolute atomic E-state index is 0.0134. The lowest BCUT2D eigenvalue weighted by Crippen LogP contribution is -2.40. The Morgan fingerprint density at radius 2 is 1.85 bits per heavy atom. The van der Waals surface area contributed by atoms with Gasteiger partial charge in [0.1, 0.15) is 5.00 Å². The van der Waals surface area contributed by atoms with Gasteiger partial charge in [0.05, 0.1) is 19.3 Å². The standard InChI is InChI=1S/C22H28N2O2S/c1-15-7-9-17(10-8-15)21(24-11-13-26-14-12-24)20-18-5-3-4-6-19(18)27-22(20)23-16(2)25/h7-10,21H,3-6,11-14H2,1-2H3,(H,23,25)/t21-/m0/s1. The summed E-state index contributed by atoms with van der Waals surface area (Å²) >= 11 is 1.79. The first-order valence-electron chi connectivity index (χ1n) is 9.94. The van der Waals surface area contributed by atoms with Crippen LogP contribution < -0.4 is 5.32 Å². The monoisotopic (exact) mass is 384 g/mol. The number of carbonyl (C=O) groups is 1. The van der Waals surface area contributed by atoms with Crippen molar-refractivity contribution in [3.8, 4) is 0 Å². The van der Waals surface area contributed by atoms with Crippen LogP contribution in [-0.4, -0.2) is 37.1 Å². The van der Waals surface area contributed by atoms with E-state index in [-0.39, 0.29) is 11.9 Å². The number of thiophene rings is 1. The van der Waals surface area contributed by atoms with Gasteiger partial charge in [-0.15, -0.1) is 11.3 Å². The van der Waals surface area contributed by atoms with Gasteiger partial charge < -0.3 is 10.1 Å². The molecule has 1 aliphatic heterocycles. The van der Waals surface area contributed by atoms with E-state index in [4.69, 9.17) is 4.74 Å². The molecule has 0 unspecified atom stereocenters. The van der Waals surface area contributed by atoms with Crippen molar-refractivity contribution in [1.29, 1.82) is 0 Å². The van der Waals surface area contributed by atoms with Gasteiger partial charge in [-0.05, 0) is 43.7 Å². The van der Waals surface area contributed by atoms with Gasteiger partial charge in [0.25, 0.3) is 0 Å². The molecule has 4 rings (SSSR count). The van der Waals surface area contributed by atoms with Crippen molar-refractivity contribution in [2.75, 3.05) is 31.6 Å². The Hall–Kier alpha value is -1.69. The van der Waals surface area contributed by atoms with Gasteiger partial charge in [0.2, 0.25) is 5.91 Å². The largest absolute Gasteiger partial charge is 0.379 e. The van der Waals surface area contributed by atoms with Gasteiger partial charge in [-0.3, -0.25) is 9.69 Å². The summed E-state index contributed by atoms with van der Waals surface area (Å²) in [7, 11) is 0. The Morgan fingerprint density at radius 1 is 1.15 bits per heavy atom. The second-order valence-electron chi connectivity index (χ2n) is 7.60. The van der Waals surface area contributed by atoms with Crippen LogP contribution in [-0.2, 0) is 22.4 Å². The second kappa shape index (κ2) is 8.13. The highest BCUT2D eigenvalue weighted by molar-refractivity contribution is 7.16. The van der Waals surface area contributed by atoms with Crippen molar-refractivity contribution < 1.29 is 9.53 Å². The lowest BCUT2D eigenvalue weighted by molar-refractivity contribution is -0.114. The Morgan fingerprint density at radius 3 is 2.56 bits per heavy atom. The molecular weight excluding hydrogens is 356 g/mol. The van der Waals surface area contributed by atoms with Gasteiger partial charge in [-0.2, -0.15) is 0 Å². The molecule has 0 radical (unpaired) electrons. The van der Waals surface area contributed by atoms with Crippen molar-refractivity contribution >= 4 is 22.2 Å². The minimum atomic E-state index is 0.0134. The first kappa shape index (κ1) is 18.7. The highest BCUT2D eigenvalue weighted by Gasteiger charge is 2.32. The van der Waals surface area contributed by atoms with Gasteiger partial charge in [0, 0.05) is 30.5 Å². The summed E-state index contributed by atoms with van der Waals surface area (Å²) in [6.07, 6.45) is 4.74. The highest BCUT2D eigenvalue weighted by atomic mass is 32.1. The molecule has 5 heteroatoms. The number of ether oxygens (including phenoxy) is 1. The number of anilines is 1. The van der Waals surface area contributed by atoms with E-state index < -0.39 is 0 Å². The minimum Gasteiger partial charge on any atom is -0.379 e. The number of benzene rings is 1. The Kier molecular flexibility index (Phi) is 5.62. The summed E-state index contributed by atoms with van der Waals surface area (Å²) in [6, 6.07) is 9.06. The maximum Gasteiger partial charge on any atom is 0.221 e. The maximum atomic E-state index is 11.9. The molecule has 1 aliphatic carbocycles. The van der Waals surface area contributed by atoms with E-state index in [0.717, 1.165) is 44.1 Å². The average molecular weight is 385 g/mol. The normalized spacial score (nSPS) is 18.7. The van der Waals surface area contributed by atoms with Gasteiger partial charge in [-0.1, -0.05) is 29.8 Å². The van der Waals surface area contributed by atoms with Crippen LogP contribution in [0.25, 0.3) is 0 Å². The topological polar surface area (TPSA) is 41.6 Å². The van der Waals surface area contributed by atoms with E-state index >= 15 is 0 Å². The zero-order chi connectivity index (χ0) is 18.8. The molecule has 1 aromatic carbocycles. The van der Waals surface area contributed by atoms with E-state index in [0.29, 0.717) is 0 Å². The molecule has 0 saturated carbocycles. The quantitative estimate of drug-likeness (QED) is 0.854. The molecule has 1 fully saturated rings. The Labute approximate surface area is 165 Å². The van der Waals surface area contributed by atoms with Gasteiger partial charge in [0.15, 0.2) is 0 Å². The molecule has 1 atom stereocenters. The summed E-state index contributed by atoms with van der Waals surface area (Å²) in [4.78, 5) is 15.9. The van der Waals surface area contributed by atoms with Gasteiger partial charge in [-0.25, -0.2) is 0 Å². The third-order valence-electron chi connectivity index (χ3n) is 5.58. The SMILES string of the molecule is CC(=O)Nc1sc2c(c1[C@H](c1ccc(C)cc1)N1CCOCC1)CCCC2. The van der Waals surface area contributed by atoms with Crippen LogP contribution in [0.15, 0.2) is 24.3 Å². The van der Waals surface area contributed by atoms with Crippen molar-refractivity contribution in [3.05, 3.63) is 51.4 Å². The lowest BCUT2D eigenvalue weighted by atomic mass is 9.88. The summed E-state index contributed by atoms with van der Waals surface area (Å²) in [6.45, 7) is 7.11. The smallest absolute Gasteiger partial charge is 0.221 e. The molecule has 0 bridgehead atoms. The van der Waals surface area contributed by atoms with Crippen LogP contribution in [0.5, 0.6) is 0 Å². The fourth-order valence-corrected chi connectivity index (χ4v) is 5.64. The third kappa shape index (κ3) is 3.96. The highest BCUT2D eigenvalue weighted by Crippen LogP contribution is 2.45. The summed E-state index contributed by atoms with van der Waals surface area (Å²) in [5.74, 6) is 0.0134. The lowest BCUT2D eigenvalue weighted by Gasteiger charge is -2.36. The molecule has 144 valence electrons. The molecular formula is C22H28N2O2S. The first-order valence-corrected chi connectivity index (χ1v) is 10.8. The number of rotatable bonds is 4. The van der Waals surface area contributed by atoms with E-state index in [1.807, 2.05) is 0 Å². The number of nitrogens with zero attached hydrogens (tertiary/aromatic N) is 1. The molecule has 2 heterocycles. The van der Waals surface area contributed by atoms with E-state index in [1.54, 1.807) is 18.3 Å². The number of hydrogen-bond donors (Lipinski definition) is 1. The van der Waals surface area contributed by atoms with Gasteiger partial charge >= 0.3 is 0 Å². The molecule has 1 N–H and O–H groups in total. The number of hydrogen-bond acceptors (Lipinski definition) is 4. The predicted molar refractivity (Wildman–Crippen MR) is 111 cm³/mol. The van der Waals surface area contributed by atoms with Crippen molar-refractivity contribution in [2.45, 2.75) is 45.6 Å². The number of fused-ring (bicyclic) bond motifs is 1. The molecule has 2 aliphatic rings. The van der Waals surface area contributed by atoms with Crippen LogP contribution in [0.1, 0.15) is 52.9 Å². The van der Waals surface area contributed by atoms with Crippen molar-refractivity contribution in [1.82, 2.24) is 4.90 Å². The zero-order valence-corrected chi connectivity index (χ0v) is 17.0. The summed E-state index contributed by atoms with van der Waals surface area (Å²) in [5.41, 5.74) is 5.39. The maximum absolute atomic E-state index is 11.9. The van der Waals surface area contributed by atoms with Crippen LogP contribution in [0.4, 0.5) is 5.00 Å². The zero-order valence-electron chi connectivity index (χ0n) is 16.2. The molecule has 1 saturated heterocycles. The molecule has 27 heavy (non-hydrogen) atoms. The van der Waals surface area contributed by atoms with E-state index in [2.05, 4.69) is 41.4 Å². The number of carbonyl (C=O) groups excluding carboxylic acids is 1. The number of nitrogens with one attached hydrogen (secondary N) is 1. The fraction of sp³-hybridized carbons (Fsp3) is 0.500.